The minimum Gasteiger partial charge on any atom is -0.493 e. The topological polar surface area (TPSA) is 81.2 Å². The van der Waals surface area contributed by atoms with Gasteiger partial charge in [-0.3, -0.25) is 14.6 Å². The van der Waals surface area contributed by atoms with E-state index in [0.29, 0.717) is 28.9 Å². The van der Waals surface area contributed by atoms with Crippen LogP contribution < -0.4 is 10.1 Å². The van der Waals surface area contributed by atoms with E-state index in [1.165, 1.54) is 18.5 Å². The SMILES string of the molecule is O=C(CCCOc1ccnc2cc(C(F)(F)F)ccc12)c1ccnc(NC(=O)C2CC2)c1. The van der Waals surface area contributed by atoms with E-state index in [1.54, 1.807) is 18.2 Å². The number of fused-ring (bicyclic) bond motifs is 1. The maximum atomic E-state index is 12.9. The van der Waals surface area contributed by atoms with E-state index in [-0.39, 0.29) is 36.2 Å². The third-order valence-corrected chi connectivity index (χ3v) is 5.12. The second-order valence-electron chi connectivity index (χ2n) is 7.61. The van der Waals surface area contributed by atoms with Crippen LogP contribution in [0.5, 0.6) is 5.75 Å². The van der Waals surface area contributed by atoms with E-state index in [2.05, 4.69) is 15.3 Å². The summed E-state index contributed by atoms with van der Waals surface area (Å²) in [5, 5.41) is 3.18. The van der Waals surface area contributed by atoms with Crippen molar-refractivity contribution >= 4 is 28.4 Å². The molecule has 0 atom stereocenters. The molecule has 0 aliphatic heterocycles. The number of aromatic nitrogens is 2. The molecular formula is C23H20F3N3O3. The number of hydrogen-bond acceptors (Lipinski definition) is 5. The number of Topliss-reactive ketones (excluding diaryl/α,β-unsaturated/α-hetero) is 1. The smallest absolute Gasteiger partial charge is 0.416 e. The van der Waals surface area contributed by atoms with E-state index in [1.807, 2.05) is 0 Å². The molecule has 9 heteroatoms. The predicted molar refractivity (Wildman–Crippen MR) is 111 cm³/mol. The molecule has 1 saturated carbocycles. The number of carbonyl (C=O) groups excluding carboxylic acids is 2. The molecule has 1 aliphatic rings. The zero-order valence-corrected chi connectivity index (χ0v) is 17.0. The molecule has 4 rings (SSSR count). The molecular weight excluding hydrogens is 423 g/mol. The number of benzene rings is 1. The summed E-state index contributed by atoms with van der Waals surface area (Å²) in [6, 6.07) is 8.02. The van der Waals surface area contributed by atoms with E-state index >= 15 is 0 Å². The summed E-state index contributed by atoms with van der Waals surface area (Å²) in [5.74, 6) is 0.600. The van der Waals surface area contributed by atoms with Crippen LogP contribution in [0, 0.1) is 5.92 Å². The summed E-state index contributed by atoms with van der Waals surface area (Å²) in [5.41, 5.74) is -0.142. The average Bonchev–Trinajstić information content (AvgIpc) is 3.61. The fraction of sp³-hybridized carbons (Fsp3) is 0.304. The lowest BCUT2D eigenvalue weighted by molar-refractivity contribution is -0.137. The van der Waals surface area contributed by atoms with Crippen LogP contribution in [0.4, 0.5) is 19.0 Å². The van der Waals surface area contributed by atoms with E-state index < -0.39 is 11.7 Å². The lowest BCUT2D eigenvalue weighted by Gasteiger charge is -2.11. The molecule has 0 bridgehead atoms. The zero-order chi connectivity index (χ0) is 22.7. The zero-order valence-electron chi connectivity index (χ0n) is 17.0. The maximum Gasteiger partial charge on any atom is 0.416 e. The second kappa shape index (κ2) is 8.94. The summed E-state index contributed by atoms with van der Waals surface area (Å²) in [4.78, 5) is 32.4. The lowest BCUT2D eigenvalue weighted by Crippen LogP contribution is -2.15. The van der Waals surface area contributed by atoms with Gasteiger partial charge in [0.1, 0.15) is 11.6 Å². The Morgan fingerprint density at radius 2 is 1.84 bits per heavy atom. The van der Waals surface area contributed by atoms with Crippen molar-refractivity contribution in [2.24, 2.45) is 5.92 Å². The van der Waals surface area contributed by atoms with Crippen molar-refractivity contribution in [3.63, 3.8) is 0 Å². The molecule has 2 heterocycles. The van der Waals surface area contributed by atoms with Gasteiger partial charge in [-0.1, -0.05) is 0 Å². The number of anilines is 1. The second-order valence-corrected chi connectivity index (χ2v) is 7.61. The lowest BCUT2D eigenvalue weighted by atomic mass is 10.1. The molecule has 0 spiro atoms. The standard InChI is InChI=1S/C23H20F3N3O3/c24-23(25,26)16-5-6-17-18(13-16)27-10-8-20(17)32-11-1-2-19(30)15-7-9-28-21(12-15)29-22(31)14-3-4-14/h5-10,12-14H,1-4,11H2,(H,28,29,31). The Morgan fingerprint density at radius 1 is 1.06 bits per heavy atom. The number of ketones is 1. The third kappa shape index (κ3) is 5.22. The molecule has 1 aliphatic carbocycles. The molecule has 1 fully saturated rings. The molecule has 0 radical (unpaired) electrons. The van der Waals surface area contributed by atoms with Crippen molar-refractivity contribution in [2.45, 2.75) is 31.9 Å². The summed E-state index contributed by atoms with van der Waals surface area (Å²) in [6.07, 6.45) is 0.792. The molecule has 166 valence electrons. The average molecular weight is 443 g/mol. The van der Waals surface area contributed by atoms with Gasteiger partial charge < -0.3 is 10.1 Å². The summed E-state index contributed by atoms with van der Waals surface area (Å²) in [7, 11) is 0. The maximum absolute atomic E-state index is 12.9. The fourth-order valence-electron chi connectivity index (χ4n) is 3.23. The number of pyridine rings is 2. The Bertz CT molecular complexity index is 1160. The molecule has 0 unspecified atom stereocenters. The Kier molecular flexibility index (Phi) is 6.07. The first-order valence-corrected chi connectivity index (χ1v) is 10.2. The molecule has 0 saturated heterocycles. The van der Waals surface area contributed by atoms with Gasteiger partial charge in [0.2, 0.25) is 5.91 Å². The predicted octanol–water partition coefficient (Wildman–Crippen LogP) is 5.04. The highest BCUT2D eigenvalue weighted by atomic mass is 19.4. The highest BCUT2D eigenvalue weighted by Gasteiger charge is 2.31. The molecule has 2 aromatic heterocycles. The minimum absolute atomic E-state index is 0.0395. The van der Waals surface area contributed by atoms with Crippen LogP contribution >= 0.6 is 0 Å². The number of halogens is 3. The number of hydrogen-bond donors (Lipinski definition) is 1. The van der Waals surface area contributed by atoms with Crippen molar-refractivity contribution < 1.29 is 27.5 Å². The molecule has 3 aromatic rings. The Hall–Kier alpha value is -3.49. The van der Waals surface area contributed by atoms with Gasteiger partial charge in [-0.15, -0.1) is 0 Å². The van der Waals surface area contributed by atoms with E-state index in [9.17, 15) is 22.8 Å². The molecule has 1 aromatic carbocycles. The van der Waals surface area contributed by atoms with Gasteiger partial charge in [0.15, 0.2) is 5.78 Å². The van der Waals surface area contributed by atoms with Crippen molar-refractivity contribution in [3.05, 3.63) is 59.9 Å². The Balaban J connectivity index is 1.33. The Morgan fingerprint density at radius 3 is 2.59 bits per heavy atom. The quantitative estimate of drug-likeness (QED) is 0.390. The van der Waals surface area contributed by atoms with Crippen LogP contribution in [-0.2, 0) is 11.0 Å². The van der Waals surface area contributed by atoms with Gasteiger partial charge in [-0.25, -0.2) is 4.98 Å². The third-order valence-electron chi connectivity index (χ3n) is 5.12. The highest BCUT2D eigenvalue weighted by molar-refractivity contribution is 5.98. The number of amides is 1. The highest BCUT2D eigenvalue weighted by Crippen LogP contribution is 2.33. The largest absolute Gasteiger partial charge is 0.493 e. The van der Waals surface area contributed by atoms with E-state index in [4.69, 9.17) is 4.74 Å². The molecule has 6 nitrogen and oxygen atoms in total. The van der Waals surface area contributed by atoms with Gasteiger partial charge in [-0.2, -0.15) is 13.2 Å². The fourth-order valence-corrected chi connectivity index (χ4v) is 3.23. The van der Waals surface area contributed by atoms with Crippen LogP contribution in [0.1, 0.15) is 41.6 Å². The first-order chi connectivity index (χ1) is 15.3. The Labute approximate surface area is 181 Å². The van der Waals surface area contributed by atoms with E-state index in [0.717, 1.165) is 25.0 Å². The molecule has 32 heavy (non-hydrogen) atoms. The number of alkyl halides is 3. The van der Waals surface area contributed by atoms with Gasteiger partial charge >= 0.3 is 6.18 Å². The molecule has 1 N–H and O–H groups in total. The molecule has 1 amide bonds. The normalized spacial score (nSPS) is 13.7. The van der Waals surface area contributed by atoms with Gasteiger partial charge in [-0.05, 0) is 55.7 Å². The summed E-state index contributed by atoms with van der Waals surface area (Å²) in [6.45, 7) is 0.211. The van der Waals surface area contributed by atoms with Crippen molar-refractivity contribution in [1.82, 2.24) is 9.97 Å². The van der Waals surface area contributed by atoms with Crippen LogP contribution in [0.3, 0.4) is 0 Å². The number of ether oxygens (including phenoxy) is 1. The van der Waals surface area contributed by atoms with Gasteiger partial charge in [0.25, 0.3) is 0 Å². The summed E-state index contributed by atoms with van der Waals surface area (Å²) < 4.78 is 44.4. The number of rotatable bonds is 8. The van der Waals surface area contributed by atoms with Gasteiger partial charge in [0.05, 0.1) is 17.7 Å². The van der Waals surface area contributed by atoms with Crippen LogP contribution in [-0.4, -0.2) is 28.3 Å². The minimum atomic E-state index is -4.44. The monoisotopic (exact) mass is 443 g/mol. The summed E-state index contributed by atoms with van der Waals surface area (Å²) >= 11 is 0. The van der Waals surface area contributed by atoms with Crippen molar-refractivity contribution in [1.29, 1.82) is 0 Å². The first kappa shape index (κ1) is 21.7. The van der Waals surface area contributed by atoms with Crippen LogP contribution in [0.2, 0.25) is 0 Å². The number of carbonyl (C=O) groups is 2. The number of nitrogens with one attached hydrogen (secondary N) is 1. The van der Waals surface area contributed by atoms with Gasteiger partial charge in [0, 0.05) is 35.7 Å². The van der Waals surface area contributed by atoms with Crippen molar-refractivity contribution in [3.8, 4) is 5.75 Å². The first-order valence-electron chi connectivity index (χ1n) is 10.2. The van der Waals surface area contributed by atoms with Crippen LogP contribution in [0.25, 0.3) is 10.9 Å². The van der Waals surface area contributed by atoms with Crippen molar-refractivity contribution in [2.75, 3.05) is 11.9 Å². The number of nitrogens with zero attached hydrogens (tertiary/aromatic N) is 2. The van der Waals surface area contributed by atoms with Crippen LogP contribution in [0.15, 0.2) is 48.8 Å².